The first-order valence-corrected chi connectivity index (χ1v) is 11.7. The van der Waals surface area contributed by atoms with E-state index < -0.39 is 0 Å². The van der Waals surface area contributed by atoms with Crippen molar-refractivity contribution in [1.82, 2.24) is 14.8 Å². The highest BCUT2D eigenvalue weighted by Gasteiger charge is 2.37. The van der Waals surface area contributed by atoms with E-state index in [-0.39, 0.29) is 5.91 Å². The predicted octanol–water partition coefficient (Wildman–Crippen LogP) is 5.73. The van der Waals surface area contributed by atoms with Gasteiger partial charge in [-0.05, 0) is 63.0 Å². The molecule has 2 fully saturated rings. The summed E-state index contributed by atoms with van der Waals surface area (Å²) in [5, 5.41) is 12.2. The minimum absolute atomic E-state index is 0.0474. The number of aryl methyl sites for hydroxylation is 3. The number of carbonyl (C=O) groups is 1. The minimum Gasteiger partial charge on any atom is -0.326 e. The lowest BCUT2D eigenvalue weighted by Gasteiger charge is -2.35. The molecule has 1 heterocycles. The van der Waals surface area contributed by atoms with Crippen molar-refractivity contribution in [3.05, 3.63) is 41.0 Å². The van der Waals surface area contributed by atoms with E-state index in [1.54, 1.807) is 0 Å². The number of hydrogen-bond acceptors (Lipinski definition) is 3. The molecule has 30 heavy (non-hydrogen) atoms. The Morgan fingerprint density at radius 3 is 2.63 bits per heavy atom. The van der Waals surface area contributed by atoms with Crippen molar-refractivity contribution in [2.24, 2.45) is 11.8 Å². The monoisotopic (exact) mass is 408 g/mol. The molecular formula is C25H36N4O. The Labute approximate surface area is 180 Å². The Morgan fingerprint density at radius 2 is 1.97 bits per heavy atom. The van der Waals surface area contributed by atoms with Crippen molar-refractivity contribution in [2.45, 2.75) is 91.0 Å². The van der Waals surface area contributed by atoms with Crippen molar-refractivity contribution in [2.75, 3.05) is 5.32 Å². The maximum absolute atomic E-state index is 12.5. The smallest absolute Gasteiger partial charge is 0.224 e. The summed E-state index contributed by atoms with van der Waals surface area (Å²) in [5.74, 6) is 4.44. The average molecular weight is 409 g/mol. The van der Waals surface area contributed by atoms with Crippen molar-refractivity contribution >= 4 is 11.6 Å². The summed E-state index contributed by atoms with van der Waals surface area (Å²) in [6, 6.07) is 6.67. The van der Waals surface area contributed by atoms with Gasteiger partial charge < -0.3 is 9.88 Å². The van der Waals surface area contributed by atoms with Crippen LogP contribution in [-0.4, -0.2) is 20.7 Å². The molecule has 0 atom stereocenters. The molecule has 2 saturated carbocycles. The van der Waals surface area contributed by atoms with Crippen LogP contribution in [0.1, 0.15) is 93.5 Å². The van der Waals surface area contributed by atoms with Crippen LogP contribution >= 0.6 is 0 Å². The second-order valence-corrected chi connectivity index (χ2v) is 9.95. The molecule has 0 radical (unpaired) electrons. The largest absolute Gasteiger partial charge is 0.326 e. The molecule has 162 valence electrons. The highest BCUT2D eigenvalue weighted by Crippen LogP contribution is 2.46. The molecule has 2 aromatic rings. The molecule has 1 amide bonds. The van der Waals surface area contributed by atoms with E-state index in [0.717, 1.165) is 28.9 Å². The summed E-state index contributed by atoms with van der Waals surface area (Å²) in [4.78, 5) is 12.5. The molecule has 1 N–H and O–H groups in total. The molecule has 1 aromatic carbocycles. The lowest BCUT2D eigenvalue weighted by atomic mass is 9.71. The fourth-order valence-electron chi connectivity index (χ4n) is 4.66. The number of amides is 1. The van der Waals surface area contributed by atoms with Gasteiger partial charge in [-0.15, -0.1) is 10.2 Å². The van der Waals surface area contributed by atoms with Gasteiger partial charge in [-0.25, -0.2) is 0 Å². The normalized spacial score (nSPS) is 21.0. The Bertz CT molecular complexity index is 891. The molecule has 5 heteroatoms. The van der Waals surface area contributed by atoms with Gasteiger partial charge in [0, 0.05) is 30.5 Å². The van der Waals surface area contributed by atoms with Gasteiger partial charge in [0.1, 0.15) is 11.6 Å². The molecule has 2 aliphatic rings. The number of anilines is 1. The van der Waals surface area contributed by atoms with Crippen LogP contribution in [0.5, 0.6) is 0 Å². The molecule has 2 aliphatic carbocycles. The quantitative estimate of drug-likeness (QED) is 0.576. The first kappa shape index (κ1) is 21.1. The van der Waals surface area contributed by atoms with E-state index in [1.165, 1.54) is 49.9 Å². The Morgan fingerprint density at radius 1 is 1.20 bits per heavy atom. The summed E-state index contributed by atoms with van der Waals surface area (Å²) < 4.78 is 2.38. The molecule has 0 aliphatic heterocycles. The number of carbonyl (C=O) groups excluding carboxylic acids is 1. The zero-order chi connectivity index (χ0) is 21.3. The summed E-state index contributed by atoms with van der Waals surface area (Å²) in [7, 11) is 0. The minimum atomic E-state index is 0.0474. The van der Waals surface area contributed by atoms with E-state index in [2.05, 4.69) is 46.9 Å². The number of nitrogens with one attached hydrogen (secondary N) is 1. The second kappa shape index (κ2) is 8.91. The van der Waals surface area contributed by atoms with E-state index in [1.807, 2.05) is 19.1 Å². The summed E-state index contributed by atoms with van der Waals surface area (Å²) in [6.07, 6.45) is 8.72. The molecule has 0 unspecified atom stereocenters. The SMILES string of the molecule is Cc1ccc(NC(=O)CCc2nnc([C@H]3C[C@@H](CCC(C)C)C3)n2C2CC2)c(C)c1. The Hall–Kier alpha value is -2.17. The first-order valence-electron chi connectivity index (χ1n) is 11.7. The van der Waals surface area contributed by atoms with Crippen LogP contribution in [0.2, 0.25) is 0 Å². The van der Waals surface area contributed by atoms with E-state index in [9.17, 15) is 4.79 Å². The fraction of sp³-hybridized carbons (Fsp3) is 0.640. The molecule has 0 spiro atoms. The lowest BCUT2D eigenvalue weighted by Crippen LogP contribution is -2.25. The highest BCUT2D eigenvalue weighted by molar-refractivity contribution is 5.91. The van der Waals surface area contributed by atoms with Crippen molar-refractivity contribution in [3.8, 4) is 0 Å². The van der Waals surface area contributed by atoms with Gasteiger partial charge in [0.25, 0.3) is 0 Å². The fourth-order valence-corrected chi connectivity index (χ4v) is 4.66. The predicted molar refractivity (Wildman–Crippen MR) is 121 cm³/mol. The Kier molecular flexibility index (Phi) is 6.26. The van der Waals surface area contributed by atoms with Gasteiger partial charge >= 0.3 is 0 Å². The average Bonchev–Trinajstić information content (AvgIpc) is 3.41. The maximum atomic E-state index is 12.5. The first-order chi connectivity index (χ1) is 14.4. The van der Waals surface area contributed by atoms with Crippen LogP contribution in [-0.2, 0) is 11.2 Å². The zero-order valence-electron chi connectivity index (χ0n) is 18.9. The molecular weight excluding hydrogens is 372 g/mol. The molecule has 1 aromatic heterocycles. The lowest BCUT2D eigenvalue weighted by molar-refractivity contribution is -0.116. The van der Waals surface area contributed by atoms with Crippen LogP contribution in [0.15, 0.2) is 18.2 Å². The van der Waals surface area contributed by atoms with Gasteiger partial charge in [0.15, 0.2) is 0 Å². The van der Waals surface area contributed by atoms with Gasteiger partial charge in [0.05, 0.1) is 0 Å². The van der Waals surface area contributed by atoms with Crippen LogP contribution in [0, 0.1) is 25.7 Å². The molecule has 0 bridgehead atoms. The van der Waals surface area contributed by atoms with Gasteiger partial charge in [-0.1, -0.05) is 44.4 Å². The summed E-state index contributed by atoms with van der Waals surface area (Å²) in [6.45, 7) is 8.71. The van der Waals surface area contributed by atoms with Crippen molar-refractivity contribution in [3.63, 3.8) is 0 Å². The highest BCUT2D eigenvalue weighted by atomic mass is 16.1. The van der Waals surface area contributed by atoms with Crippen molar-refractivity contribution in [1.29, 1.82) is 0 Å². The van der Waals surface area contributed by atoms with Gasteiger partial charge in [-0.2, -0.15) is 0 Å². The topological polar surface area (TPSA) is 59.8 Å². The Balaban J connectivity index is 1.34. The standard InChI is InChI=1S/C25H36N4O/c1-16(2)5-7-19-14-20(15-19)25-28-27-23(29(25)21-8-9-21)11-12-24(30)26-22-10-6-17(3)13-18(22)4/h6,10,13,16,19-21H,5,7-9,11-12,14-15H2,1-4H3,(H,26,30)/t19-,20+. The van der Waals surface area contributed by atoms with Crippen LogP contribution in [0.3, 0.4) is 0 Å². The molecule has 0 saturated heterocycles. The number of benzene rings is 1. The number of hydrogen-bond donors (Lipinski definition) is 1. The number of rotatable bonds is 9. The zero-order valence-corrected chi connectivity index (χ0v) is 18.9. The van der Waals surface area contributed by atoms with Crippen molar-refractivity contribution < 1.29 is 4.79 Å². The molecule has 5 nitrogen and oxygen atoms in total. The number of nitrogens with zero attached hydrogens (tertiary/aromatic N) is 3. The van der Waals surface area contributed by atoms with Crippen LogP contribution < -0.4 is 5.32 Å². The third kappa shape index (κ3) is 4.93. The van der Waals surface area contributed by atoms with E-state index in [4.69, 9.17) is 0 Å². The number of aromatic nitrogens is 3. The van der Waals surface area contributed by atoms with Crippen LogP contribution in [0.4, 0.5) is 5.69 Å². The van der Waals surface area contributed by atoms with Gasteiger partial charge in [-0.3, -0.25) is 4.79 Å². The van der Waals surface area contributed by atoms with Gasteiger partial charge in [0.2, 0.25) is 5.91 Å². The second-order valence-electron chi connectivity index (χ2n) is 9.95. The maximum Gasteiger partial charge on any atom is 0.224 e. The van der Waals surface area contributed by atoms with E-state index >= 15 is 0 Å². The summed E-state index contributed by atoms with van der Waals surface area (Å²) >= 11 is 0. The summed E-state index contributed by atoms with van der Waals surface area (Å²) in [5.41, 5.74) is 3.21. The van der Waals surface area contributed by atoms with E-state index in [0.29, 0.717) is 24.8 Å². The van der Waals surface area contributed by atoms with Crippen LogP contribution in [0.25, 0.3) is 0 Å². The third-order valence-corrected chi connectivity index (χ3v) is 6.69. The third-order valence-electron chi connectivity index (χ3n) is 6.69. The molecule has 4 rings (SSSR count).